The number of halogens is 4. The Morgan fingerprint density at radius 2 is 1.74 bits per heavy atom. The fourth-order valence-electron chi connectivity index (χ4n) is 2.51. The number of alkyl halides is 3. The van der Waals surface area contributed by atoms with Gasteiger partial charge < -0.3 is 10.4 Å². The van der Waals surface area contributed by atoms with Gasteiger partial charge in [0.1, 0.15) is 18.0 Å². The number of hydrogen-bond acceptors (Lipinski definition) is 4. The van der Waals surface area contributed by atoms with Crippen LogP contribution >= 0.6 is 0 Å². The second kappa shape index (κ2) is 7.71. The fourth-order valence-corrected chi connectivity index (χ4v) is 2.51. The number of aliphatic hydroxyl groups excluding tert-OH is 1. The van der Waals surface area contributed by atoms with Crippen LogP contribution in [0.1, 0.15) is 17.2 Å². The minimum atomic E-state index is -4.76. The van der Waals surface area contributed by atoms with Crippen LogP contribution in [-0.2, 0) is 6.18 Å². The number of rotatable bonds is 5. The van der Waals surface area contributed by atoms with Gasteiger partial charge in [0.2, 0.25) is 0 Å². The monoisotopic (exact) mass is 377 g/mol. The van der Waals surface area contributed by atoms with E-state index in [4.69, 9.17) is 0 Å². The molecule has 2 N–H and O–H groups in total. The number of nitrogens with zero attached hydrogens (tertiary/aromatic N) is 2. The van der Waals surface area contributed by atoms with Gasteiger partial charge >= 0.3 is 6.18 Å². The summed E-state index contributed by atoms with van der Waals surface area (Å²) in [7, 11) is 0. The minimum Gasteiger partial charge on any atom is -0.387 e. The van der Waals surface area contributed by atoms with Crippen molar-refractivity contribution in [1.29, 1.82) is 0 Å². The van der Waals surface area contributed by atoms with Crippen LogP contribution in [0, 0.1) is 5.82 Å². The van der Waals surface area contributed by atoms with Gasteiger partial charge in [0.15, 0.2) is 0 Å². The lowest BCUT2D eigenvalue weighted by atomic mass is 10.1. The predicted octanol–water partition coefficient (Wildman–Crippen LogP) is 4.45. The second-order valence-corrected chi connectivity index (χ2v) is 5.79. The molecule has 0 amide bonds. The van der Waals surface area contributed by atoms with Crippen molar-refractivity contribution in [3.8, 4) is 11.3 Å². The summed E-state index contributed by atoms with van der Waals surface area (Å²) in [4.78, 5) is 7.97. The molecule has 2 aromatic carbocycles. The largest absolute Gasteiger partial charge is 0.419 e. The lowest BCUT2D eigenvalue weighted by Gasteiger charge is -2.13. The molecule has 0 saturated carbocycles. The Labute approximate surface area is 152 Å². The quantitative estimate of drug-likeness (QED) is 0.645. The zero-order valence-corrected chi connectivity index (χ0v) is 13.9. The molecule has 3 rings (SSSR count). The van der Waals surface area contributed by atoms with Crippen molar-refractivity contribution in [3.63, 3.8) is 0 Å². The smallest absolute Gasteiger partial charge is 0.387 e. The standard InChI is InChI=1S/C19H15F4N3O/c20-15-8-13(6-7-14(15)19(21,22)23)16-9-18(26-11-25-16)24-10-17(27)12-4-2-1-3-5-12/h1-9,11,17,27H,10H2,(H,24,25,26)/t17-/m0/s1. The summed E-state index contributed by atoms with van der Waals surface area (Å²) in [5, 5.41) is 13.1. The molecule has 140 valence electrons. The Kier molecular flexibility index (Phi) is 5.36. The fraction of sp³-hybridized carbons (Fsp3) is 0.158. The molecular formula is C19H15F4N3O. The topological polar surface area (TPSA) is 58.0 Å². The van der Waals surface area contributed by atoms with E-state index in [-0.39, 0.29) is 17.8 Å². The van der Waals surface area contributed by atoms with Crippen molar-refractivity contribution in [1.82, 2.24) is 9.97 Å². The molecule has 0 saturated heterocycles. The summed E-state index contributed by atoms with van der Waals surface area (Å²) >= 11 is 0. The van der Waals surface area contributed by atoms with Crippen LogP contribution in [0.4, 0.5) is 23.4 Å². The van der Waals surface area contributed by atoms with Crippen LogP contribution < -0.4 is 5.32 Å². The molecule has 0 spiro atoms. The Morgan fingerprint density at radius 3 is 2.41 bits per heavy atom. The summed E-state index contributed by atoms with van der Waals surface area (Å²) in [6.07, 6.45) is -4.32. The summed E-state index contributed by atoms with van der Waals surface area (Å²) in [5.41, 5.74) is -0.155. The van der Waals surface area contributed by atoms with Gasteiger partial charge in [-0.15, -0.1) is 0 Å². The lowest BCUT2D eigenvalue weighted by molar-refractivity contribution is -0.139. The third-order valence-corrected chi connectivity index (χ3v) is 3.90. The van der Waals surface area contributed by atoms with E-state index in [0.29, 0.717) is 11.9 Å². The van der Waals surface area contributed by atoms with E-state index < -0.39 is 23.7 Å². The van der Waals surface area contributed by atoms with Crippen LogP contribution in [0.25, 0.3) is 11.3 Å². The van der Waals surface area contributed by atoms with Crippen LogP contribution in [0.5, 0.6) is 0 Å². The first kappa shape index (κ1) is 18.8. The van der Waals surface area contributed by atoms with Crippen LogP contribution in [0.15, 0.2) is 60.9 Å². The van der Waals surface area contributed by atoms with Crippen molar-refractivity contribution in [3.05, 3.63) is 77.9 Å². The third kappa shape index (κ3) is 4.59. The number of anilines is 1. The van der Waals surface area contributed by atoms with Crippen LogP contribution in [0.2, 0.25) is 0 Å². The molecule has 0 unspecified atom stereocenters. The van der Waals surface area contributed by atoms with Gasteiger partial charge in [0, 0.05) is 18.2 Å². The third-order valence-electron chi connectivity index (χ3n) is 3.90. The molecule has 4 nitrogen and oxygen atoms in total. The number of aliphatic hydroxyl groups is 1. The van der Waals surface area contributed by atoms with Crippen molar-refractivity contribution >= 4 is 5.82 Å². The number of nitrogens with one attached hydrogen (secondary N) is 1. The average molecular weight is 377 g/mol. The molecular weight excluding hydrogens is 362 g/mol. The first-order valence-electron chi connectivity index (χ1n) is 8.00. The van der Waals surface area contributed by atoms with Gasteiger partial charge in [-0.3, -0.25) is 0 Å². The molecule has 0 aliphatic rings. The Hall–Kier alpha value is -3.00. The number of benzene rings is 2. The summed E-state index contributed by atoms with van der Waals surface area (Å²) in [6, 6.07) is 13.1. The molecule has 1 heterocycles. The van der Waals surface area contributed by atoms with Crippen LogP contribution in [0.3, 0.4) is 0 Å². The molecule has 0 aliphatic heterocycles. The first-order valence-corrected chi connectivity index (χ1v) is 8.00. The molecule has 0 fully saturated rings. The zero-order chi connectivity index (χ0) is 19.4. The predicted molar refractivity (Wildman–Crippen MR) is 92.3 cm³/mol. The maximum atomic E-state index is 13.8. The normalized spacial score (nSPS) is 12.6. The van der Waals surface area contributed by atoms with Crippen molar-refractivity contribution in [2.24, 2.45) is 0 Å². The molecule has 0 radical (unpaired) electrons. The maximum Gasteiger partial charge on any atom is 0.419 e. The van der Waals surface area contributed by atoms with Gasteiger partial charge in [0.25, 0.3) is 0 Å². The summed E-state index contributed by atoms with van der Waals surface area (Å²) in [5.74, 6) is -1.01. The molecule has 8 heteroatoms. The number of hydrogen-bond donors (Lipinski definition) is 2. The van der Waals surface area contributed by atoms with Crippen LogP contribution in [-0.4, -0.2) is 21.6 Å². The van der Waals surface area contributed by atoms with E-state index >= 15 is 0 Å². The van der Waals surface area contributed by atoms with Gasteiger partial charge in [-0.2, -0.15) is 13.2 Å². The highest BCUT2D eigenvalue weighted by atomic mass is 19.4. The molecule has 27 heavy (non-hydrogen) atoms. The Balaban J connectivity index is 1.75. The van der Waals surface area contributed by atoms with Gasteiger partial charge in [-0.05, 0) is 17.7 Å². The van der Waals surface area contributed by atoms with Gasteiger partial charge in [-0.25, -0.2) is 14.4 Å². The van der Waals surface area contributed by atoms with E-state index in [2.05, 4.69) is 15.3 Å². The highest BCUT2D eigenvalue weighted by Crippen LogP contribution is 2.33. The maximum absolute atomic E-state index is 13.8. The minimum absolute atomic E-state index is 0.168. The molecule has 0 aliphatic carbocycles. The summed E-state index contributed by atoms with van der Waals surface area (Å²) < 4.78 is 51.8. The van der Waals surface area contributed by atoms with Gasteiger partial charge in [-0.1, -0.05) is 36.4 Å². The molecule has 0 bridgehead atoms. The zero-order valence-electron chi connectivity index (χ0n) is 13.9. The Bertz CT molecular complexity index is 916. The molecule has 1 aromatic heterocycles. The summed E-state index contributed by atoms with van der Waals surface area (Å²) in [6.45, 7) is 0.168. The van der Waals surface area contributed by atoms with E-state index in [0.717, 1.165) is 17.7 Å². The van der Waals surface area contributed by atoms with Gasteiger partial charge in [0.05, 0.1) is 17.4 Å². The average Bonchev–Trinajstić information content (AvgIpc) is 2.66. The number of aromatic nitrogens is 2. The Morgan fingerprint density at radius 1 is 1.00 bits per heavy atom. The second-order valence-electron chi connectivity index (χ2n) is 5.79. The highest BCUT2D eigenvalue weighted by molar-refractivity contribution is 5.62. The van der Waals surface area contributed by atoms with E-state index in [1.54, 1.807) is 24.3 Å². The first-order chi connectivity index (χ1) is 12.8. The van der Waals surface area contributed by atoms with E-state index in [1.807, 2.05) is 6.07 Å². The van der Waals surface area contributed by atoms with Crippen molar-refractivity contribution in [2.45, 2.75) is 12.3 Å². The lowest BCUT2D eigenvalue weighted by Crippen LogP contribution is -2.13. The highest BCUT2D eigenvalue weighted by Gasteiger charge is 2.34. The van der Waals surface area contributed by atoms with Crippen molar-refractivity contribution < 1.29 is 22.7 Å². The van der Waals surface area contributed by atoms with Crippen molar-refractivity contribution in [2.75, 3.05) is 11.9 Å². The van der Waals surface area contributed by atoms with E-state index in [9.17, 15) is 22.7 Å². The molecule has 3 aromatic rings. The SMILES string of the molecule is O[C@@H](CNc1cc(-c2ccc(C(F)(F)F)c(F)c2)ncn1)c1ccccc1. The molecule has 1 atom stereocenters. The van der Waals surface area contributed by atoms with E-state index in [1.165, 1.54) is 12.4 Å².